The Morgan fingerprint density at radius 2 is 1.50 bits per heavy atom. The highest BCUT2D eigenvalue weighted by Crippen LogP contribution is 2.39. The highest BCUT2D eigenvalue weighted by atomic mass is 32.1. The molecule has 40 heavy (non-hydrogen) atoms. The molecule has 0 saturated carbocycles. The van der Waals surface area contributed by atoms with Crippen LogP contribution in [0.4, 0.5) is 26.3 Å². The molecule has 1 atom stereocenters. The maximum atomic E-state index is 13.8. The van der Waals surface area contributed by atoms with E-state index in [1.165, 1.54) is 0 Å². The average molecular weight is 583 g/mol. The van der Waals surface area contributed by atoms with Gasteiger partial charge in [-0.1, -0.05) is 29.8 Å². The first-order chi connectivity index (χ1) is 18.5. The van der Waals surface area contributed by atoms with E-state index in [0.717, 1.165) is 26.5 Å². The van der Waals surface area contributed by atoms with Gasteiger partial charge < -0.3 is 9.80 Å². The van der Waals surface area contributed by atoms with Gasteiger partial charge in [-0.05, 0) is 74.9 Å². The Bertz CT molecular complexity index is 1370. The minimum atomic E-state index is -5.11. The molecule has 4 rings (SSSR count). The van der Waals surface area contributed by atoms with Gasteiger partial charge in [0.05, 0.1) is 17.2 Å². The first kappa shape index (κ1) is 29.6. The van der Waals surface area contributed by atoms with Crippen LogP contribution in [0.15, 0.2) is 53.9 Å². The van der Waals surface area contributed by atoms with Gasteiger partial charge in [0.2, 0.25) is 5.91 Å². The SMILES string of the molecule is Cc1ccc([C@H]2c3ccsc3CCN2C(=O)CN(C(=O)c2cc(C(F)(F)F)cc(C(F)(F)F)c2)C(C)(C)C)cc1. The highest BCUT2D eigenvalue weighted by molar-refractivity contribution is 7.10. The molecular weight excluding hydrogens is 554 g/mol. The summed E-state index contributed by atoms with van der Waals surface area (Å²) in [6.45, 7) is 6.47. The number of thiophene rings is 1. The van der Waals surface area contributed by atoms with E-state index in [9.17, 15) is 35.9 Å². The summed E-state index contributed by atoms with van der Waals surface area (Å²) in [6, 6.07) is 9.96. The van der Waals surface area contributed by atoms with Crippen LogP contribution in [0.5, 0.6) is 0 Å². The zero-order chi connectivity index (χ0) is 29.6. The van der Waals surface area contributed by atoms with Crippen molar-refractivity contribution >= 4 is 23.2 Å². The molecule has 0 fully saturated rings. The summed E-state index contributed by atoms with van der Waals surface area (Å²) in [5, 5.41) is 1.94. The predicted molar refractivity (Wildman–Crippen MR) is 140 cm³/mol. The molecule has 0 spiro atoms. The number of alkyl halides is 6. The third kappa shape index (κ3) is 6.19. The maximum absolute atomic E-state index is 13.8. The number of benzene rings is 2. The Balaban J connectivity index is 1.71. The third-order valence-corrected chi connectivity index (χ3v) is 7.86. The fourth-order valence-electron chi connectivity index (χ4n) is 4.77. The van der Waals surface area contributed by atoms with E-state index in [-0.39, 0.29) is 6.07 Å². The zero-order valence-electron chi connectivity index (χ0n) is 22.3. The number of amides is 2. The number of hydrogen-bond acceptors (Lipinski definition) is 3. The molecule has 1 aliphatic heterocycles. The standard InChI is InChI=1S/C29H28F6N2O2S/c1-17-5-7-18(8-6-17)25-22-10-12-40-23(22)9-11-36(25)24(38)16-37(27(2,3)4)26(39)19-13-20(28(30,31)32)15-21(14-19)29(33,34)35/h5-8,10,12-15,25H,9,11,16H2,1-4H3/t25-/m0/s1. The molecule has 0 aliphatic carbocycles. The largest absolute Gasteiger partial charge is 0.416 e. The molecular formula is C29H28F6N2O2S. The number of hydrogen-bond donors (Lipinski definition) is 0. The van der Waals surface area contributed by atoms with Crippen LogP contribution in [0.2, 0.25) is 0 Å². The monoisotopic (exact) mass is 582 g/mol. The molecule has 1 aromatic heterocycles. The second-order valence-electron chi connectivity index (χ2n) is 10.8. The molecule has 2 heterocycles. The lowest BCUT2D eigenvalue weighted by atomic mass is 9.92. The summed E-state index contributed by atoms with van der Waals surface area (Å²) in [4.78, 5) is 31.1. The van der Waals surface area contributed by atoms with E-state index in [4.69, 9.17) is 0 Å². The van der Waals surface area contributed by atoms with Crippen molar-refractivity contribution < 1.29 is 35.9 Å². The first-order valence-electron chi connectivity index (χ1n) is 12.5. The third-order valence-electron chi connectivity index (χ3n) is 6.86. The van der Waals surface area contributed by atoms with Crippen LogP contribution in [-0.2, 0) is 23.6 Å². The van der Waals surface area contributed by atoms with Gasteiger partial charge in [0.15, 0.2) is 0 Å². The Morgan fingerprint density at radius 1 is 0.925 bits per heavy atom. The number of rotatable bonds is 4. The number of halogens is 6. The van der Waals surface area contributed by atoms with E-state index in [1.54, 1.807) is 37.0 Å². The van der Waals surface area contributed by atoms with Crippen molar-refractivity contribution in [3.63, 3.8) is 0 Å². The molecule has 0 saturated heterocycles. The van der Waals surface area contributed by atoms with Crippen molar-refractivity contribution in [1.29, 1.82) is 0 Å². The average Bonchev–Trinajstić information content (AvgIpc) is 3.34. The molecule has 0 radical (unpaired) electrons. The molecule has 2 amide bonds. The van der Waals surface area contributed by atoms with Gasteiger partial charge in [0.1, 0.15) is 6.54 Å². The van der Waals surface area contributed by atoms with Crippen LogP contribution in [0.3, 0.4) is 0 Å². The summed E-state index contributed by atoms with van der Waals surface area (Å²) < 4.78 is 80.8. The van der Waals surface area contributed by atoms with Gasteiger partial charge >= 0.3 is 12.4 Å². The Kier molecular flexibility index (Phi) is 7.83. The molecule has 11 heteroatoms. The number of carbonyl (C=O) groups excluding carboxylic acids is 2. The first-order valence-corrected chi connectivity index (χ1v) is 13.4. The summed E-state index contributed by atoms with van der Waals surface area (Å²) in [7, 11) is 0. The molecule has 0 N–H and O–H groups in total. The highest BCUT2D eigenvalue weighted by Gasteiger charge is 2.40. The van der Waals surface area contributed by atoms with Crippen LogP contribution in [0.1, 0.15) is 69.9 Å². The zero-order valence-corrected chi connectivity index (χ0v) is 23.1. The molecule has 1 aliphatic rings. The molecule has 2 aromatic carbocycles. The lowest BCUT2D eigenvalue weighted by Gasteiger charge is -2.40. The fraction of sp³-hybridized carbons (Fsp3) is 0.379. The Labute approximate surface area is 232 Å². The van der Waals surface area contributed by atoms with Crippen LogP contribution in [0, 0.1) is 6.92 Å². The van der Waals surface area contributed by atoms with Crippen molar-refractivity contribution in [1.82, 2.24) is 9.80 Å². The second kappa shape index (κ2) is 10.6. The summed E-state index contributed by atoms with van der Waals surface area (Å²) >= 11 is 1.58. The van der Waals surface area contributed by atoms with Gasteiger partial charge in [-0.25, -0.2) is 0 Å². The minimum Gasteiger partial charge on any atom is -0.330 e. The second-order valence-corrected chi connectivity index (χ2v) is 11.8. The molecule has 3 aromatic rings. The lowest BCUT2D eigenvalue weighted by Crippen LogP contribution is -2.52. The van der Waals surface area contributed by atoms with E-state index >= 15 is 0 Å². The fourth-order valence-corrected chi connectivity index (χ4v) is 5.67. The predicted octanol–water partition coefficient (Wildman–Crippen LogP) is 7.51. The van der Waals surface area contributed by atoms with Crippen molar-refractivity contribution in [2.24, 2.45) is 0 Å². The van der Waals surface area contributed by atoms with Gasteiger partial charge in [0, 0.05) is 22.5 Å². The lowest BCUT2D eigenvalue weighted by molar-refractivity contribution is -0.143. The van der Waals surface area contributed by atoms with Gasteiger partial charge in [0.25, 0.3) is 5.91 Å². The van der Waals surface area contributed by atoms with E-state index in [1.807, 2.05) is 42.6 Å². The topological polar surface area (TPSA) is 40.6 Å². The quantitative estimate of drug-likeness (QED) is 0.299. The summed E-state index contributed by atoms with van der Waals surface area (Å²) in [5.41, 5.74) is -2.22. The van der Waals surface area contributed by atoms with Crippen molar-refractivity contribution in [2.75, 3.05) is 13.1 Å². The van der Waals surface area contributed by atoms with Crippen LogP contribution < -0.4 is 0 Å². The molecule has 0 unspecified atom stereocenters. The molecule has 4 nitrogen and oxygen atoms in total. The van der Waals surface area contributed by atoms with Gasteiger partial charge in [-0.3, -0.25) is 9.59 Å². The van der Waals surface area contributed by atoms with E-state index in [0.29, 0.717) is 25.1 Å². The van der Waals surface area contributed by atoms with Crippen molar-refractivity contribution in [2.45, 2.75) is 58.0 Å². The number of nitrogens with zero attached hydrogens (tertiary/aromatic N) is 2. The summed E-state index contributed by atoms with van der Waals surface area (Å²) in [6.07, 6.45) is -9.62. The van der Waals surface area contributed by atoms with Crippen LogP contribution in [0.25, 0.3) is 0 Å². The van der Waals surface area contributed by atoms with Crippen LogP contribution in [-0.4, -0.2) is 40.2 Å². The van der Waals surface area contributed by atoms with Crippen LogP contribution >= 0.6 is 11.3 Å². The summed E-state index contributed by atoms with van der Waals surface area (Å²) in [5.74, 6) is -1.56. The van der Waals surface area contributed by atoms with Crippen molar-refractivity contribution in [3.8, 4) is 0 Å². The Morgan fingerprint density at radius 3 is 2.02 bits per heavy atom. The number of carbonyl (C=O) groups is 2. The van der Waals surface area contributed by atoms with Gasteiger partial charge in [-0.2, -0.15) is 26.3 Å². The molecule has 0 bridgehead atoms. The van der Waals surface area contributed by atoms with Crippen molar-refractivity contribution in [3.05, 3.63) is 92.2 Å². The molecule has 214 valence electrons. The normalized spacial score (nSPS) is 16.1. The maximum Gasteiger partial charge on any atom is 0.416 e. The Hall–Kier alpha value is -3.34. The number of fused-ring (bicyclic) bond motifs is 1. The minimum absolute atomic E-state index is 0.0261. The van der Waals surface area contributed by atoms with E-state index in [2.05, 4.69) is 0 Å². The smallest absolute Gasteiger partial charge is 0.330 e. The van der Waals surface area contributed by atoms with Gasteiger partial charge in [-0.15, -0.1) is 11.3 Å². The number of aryl methyl sites for hydroxylation is 1. The van der Waals surface area contributed by atoms with E-state index < -0.39 is 59.0 Å².